The molecule has 0 aromatic carbocycles. The second kappa shape index (κ2) is 9.07. The third-order valence-electron chi connectivity index (χ3n) is 6.48. The minimum Gasteiger partial charge on any atom is -0.474 e. The molecule has 0 bridgehead atoms. The van der Waals surface area contributed by atoms with Gasteiger partial charge >= 0.3 is 0 Å². The molecule has 3 aromatic rings. The van der Waals surface area contributed by atoms with Crippen molar-refractivity contribution in [2.75, 3.05) is 12.4 Å². The Kier molecular flexibility index (Phi) is 6.01. The number of pyridine rings is 1. The normalized spacial score (nSPS) is 22.6. The first-order valence-electron chi connectivity index (χ1n) is 11.1. The van der Waals surface area contributed by atoms with Crippen LogP contribution in [-0.2, 0) is 11.2 Å². The average molecular weight is 456 g/mol. The average Bonchev–Trinajstić information content (AvgIpc) is 3.36. The Morgan fingerprint density at radius 3 is 2.78 bits per heavy atom. The Balaban J connectivity index is 1.34. The third kappa shape index (κ3) is 4.31. The van der Waals surface area contributed by atoms with Crippen molar-refractivity contribution in [1.82, 2.24) is 20.3 Å². The zero-order chi connectivity index (χ0) is 22.1. The predicted molar refractivity (Wildman–Crippen MR) is 122 cm³/mol. The number of rotatable bonds is 6. The highest BCUT2D eigenvalue weighted by Gasteiger charge is 2.32. The lowest BCUT2D eigenvalue weighted by Crippen LogP contribution is -2.34. The van der Waals surface area contributed by atoms with E-state index in [0.717, 1.165) is 60.5 Å². The summed E-state index contributed by atoms with van der Waals surface area (Å²) < 4.78 is 19.5. The Hall–Kier alpha value is -2.65. The molecule has 0 radical (unpaired) electrons. The van der Waals surface area contributed by atoms with Gasteiger partial charge in [0.15, 0.2) is 0 Å². The summed E-state index contributed by atoms with van der Waals surface area (Å²) >= 11 is 1.68. The van der Waals surface area contributed by atoms with Gasteiger partial charge in [0.2, 0.25) is 11.8 Å². The van der Waals surface area contributed by atoms with Crippen molar-refractivity contribution in [3.63, 3.8) is 0 Å². The van der Waals surface area contributed by atoms with E-state index in [4.69, 9.17) is 4.74 Å². The number of hydrogen-bond donors (Lipinski definition) is 2. The van der Waals surface area contributed by atoms with Crippen LogP contribution >= 0.6 is 11.3 Å². The summed E-state index contributed by atoms with van der Waals surface area (Å²) in [5.41, 5.74) is 1.16. The number of thiophene rings is 1. The standard InChI is InChI=1S/C23H26FN5O2S/c1-25-15-4-6-16(7-5-15)31-22-21-20-13(2-8-17(20)32-23(21)28-12-27-22)10-19(30)29-18-9-3-14(24)11-26-18/h3,9,11-13,15-16,25H,2,4-8,10H2,1H3,(H,26,29,30)/t13-,15?,16?/m0/s1. The smallest absolute Gasteiger partial charge is 0.226 e. The summed E-state index contributed by atoms with van der Waals surface area (Å²) in [6.07, 6.45) is 9.18. The van der Waals surface area contributed by atoms with E-state index in [9.17, 15) is 9.18 Å². The molecule has 0 aliphatic heterocycles. The maximum Gasteiger partial charge on any atom is 0.226 e. The molecule has 5 rings (SSSR count). The lowest BCUT2D eigenvalue weighted by molar-refractivity contribution is -0.116. The molecule has 7 nitrogen and oxygen atoms in total. The summed E-state index contributed by atoms with van der Waals surface area (Å²) in [6.45, 7) is 0. The highest BCUT2D eigenvalue weighted by molar-refractivity contribution is 7.19. The fraction of sp³-hybridized carbons (Fsp3) is 0.478. The molecule has 168 valence electrons. The van der Waals surface area contributed by atoms with Crippen LogP contribution in [0.25, 0.3) is 10.2 Å². The Labute approximate surface area is 189 Å². The molecule has 1 amide bonds. The van der Waals surface area contributed by atoms with Crippen LogP contribution in [0.15, 0.2) is 24.7 Å². The quantitative estimate of drug-likeness (QED) is 0.579. The second-order valence-electron chi connectivity index (χ2n) is 8.53. The van der Waals surface area contributed by atoms with Gasteiger partial charge in [-0.2, -0.15) is 0 Å². The van der Waals surface area contributed by atoms with Crippen LogP contribution in [0.2, 0.25) is 0 Å². The van der Waals surface area contributed by atoms with E-state index in [-0.39, 0.29) is 17.9 Å². The van der Waals surface area contributed by atoms with Gasteiger partial charge in [-0.05, 0) is 69.2 Å². The first-order chi connectivity index (χ1) is 15.6. The van der Waals surface area contributed by atoms with Gasteiger partial charge in [0.05, 0.1) is 11.6 Å². The van der Waals surface area contributed by atoms with Crippen LogP contribution in [0.4, 0.5) is 10.2 Å². The third-order valence-corrected chi connectivity index (χ3v) is 7.66. The number of fused-ring (bicyclic) bond motifs is 3. The lowest BCUT2D eigenvalue weighted by atomic mass is 9.93. The molecule has 0 unspecified atom stereocenters. The van der Waals surface area contributed by atoms with Crippen molar-refractivity contribution in [2.45, 2.75) is 63.0 Å². The fourth-order valence-electron chi connectivity index (χ4n) is 4.83. The zero-order valence-corrected chi connectivity index (χ0v) is 18.8. The van der Waals surface area contributed by atoms with Gasteiger partial charge in [-0.1, -0.05) is 0 Å². The van der Waals surface area contributed by atoms with Crippen molar-refractivity contribution in [2.24, 2.45) is 0 Å². The van der Waals surface area contributed by atoms with Crippen molar-refractivity contribution in [3.8, 4) is 5.88 Å². The molecule has 0 spiro atoms. The molecule has 2 N–H and O–H groups in total. The number of aryl methyl sites for hydroxylation is 1. The van der Waals surface area contributed by atoms with Crippen molar-refractivity contribution in [3.05, 3.63) is 40.9 Å². The number of nitrogens with zero attached hydrogens (tertiary/aromatic N) is 3. The van der Waals surface area contributed by atoms with Crippen molar-refractivity contribution in [1.29, 1.82) is 0 Å². The maximum absolute atomic E-state index is 13.1. The van der Waals surface area contributed by atoms with Crippen LogP contribution < -0.4 is 15.4 Å². The molecule has 1 atom stereocenters. The van der Waals surface area contributed by atoms with Crippen LogP contribution in [0, 0.1) is 5.82 Å². The lowest BCUT2D eigenvalue weighted by Gasteiger charge is -2.28. The van der Waals surface area contributed by atoms with Gasteiger partial charge in [-0.25, -0.2) is 19.3 Å². The molecule has 0 saturated heterocycles. The highest BCUT2D eigenvalue weighted by Crippen LogP contribution is 2.47. The van der Waals surface area contributed by atoms with E-state index in [2.05, 4.69) is 25.6 Å². The number of nitrogens with one attached hydrogen (secondary N) is 2. The Morgan fingerprint density at radius 1 is 1.19 bits per heavy atom. The molecular formula is C23H26FN5O2S. The van der Waals surface area contributed by atoms with E-state index in [1.165, 1.54) is 17.0 Å². The van der Waals surface area contributed by atoms with Gasteiger partial charge in [-0.3, -0.25) is 4.79 Å². The molecule has 3 heterocycles. The number of amides is 1. The van der Waals surface area contributed by atoms with Gasteiger partial charge in [-0.15, -0.1) is 11.3 Å². The minimum absolute atomic E-state index is 0.0765. The molecule has 1 saturated carbocycles. The summed E-state index contributed by atoms with van der Waals surface area (Å²) in [5, 5.41) is 7.10. The molecular weight excluding hydrogens is 429 g/mol. The van der Waals surface area contributed by atoms with Gasteiger partial charge < -0.3 is 15.4 Å². The fourth-order valence-corrected chi connectivity index (χ4v) is 6.06. The second-order valence-corrected chi connectivity index (χ2v) is 9.61. The summed E-state index contributed by atoms with van der Waals surface area (Å²) in [4.78, 5) is 27.8. The monoisotopic (exact) mass is 455 g/mol. The van der Waals surface area contributed by atoms with Gasteiger partial charge in [0.1, 0.15) is 28.9 Å². The summed E-state index contributed by atoms with van der Waals surface area (Å²) in [7, 11) is 2.01. The maximum atomic E-state index is 13.1. The van der Waals surface area contributed by atoms with Gasteiger partial charge in [0.25, 0.3) is 0 Å². The largest absolute Gasteiger partial charge is 0.474 e. The molecule has 9 heteroatoms. The van der Waals surface area contributed by atoms with E-state index in [0.29, 0.717) is 24.2 Å². The van der Waals surface area contributed by atoms with E-state index >= 15 is 0 Å². The topological polar surface area (TPSA) is 89.0 Å². The van der Waals surface area contributed by atoms with Crippen LogP contribution in [0.3, 0.4) is 0 Å². The SMILES string of the molecule is CNC1CCC(Oc2ncnc3sc4c(c23)[C@H](CC(=O)Nc2ccc(F)cn2)CC4)CC1. The molecule has 2 aliphatic rings. The first kappa shape index (κ1) is 21.2. The summed E-state index contributed by atoms with van der Waals surface area (Å²) in [5.74, 6) is 0.515. The number of aromatic nitrogens is 3. The number of hydrogen-bond acceptors (Lipinski definition) is 7. The first-order valence-corrected chi connectivity index (χ1v) is 11.9. The number of carbonyl (C=O) groups is 1. The van der Waals surface area contributed by atoms with Crippen LogP contribution in [0.5, 0.6) is 5.88 Å². The van der Waals surface area contributed by atoms with E-state index < -0.39 is 5.82 Å². The minimum atomic E-state index is -0.430. The molecule has 2 aliphatic carbocycles. The Morgan fingerprint density at radius 2 is 2.03 bits per heavy atom. The van der Waals surface area contributed by atoms with E-state index in [1.54, 1.807) is 17.7 Å². The molecule has 3 aromatic heterocycles. The van der Waals surface area contributed by atoms with Gasteiger partial charge in [0, 0.05) is 17.3 Å². The van der Waals surface area contributed by atoms with Crippen molar-refractivity contribution < 1.29 is 13.9 Å². The number of carbonyl (C=O) groups excluding carboxylic acids is 1. The number of halogens is 1. The van der Waals surface area contributed by atoms with Crippen LogP contribution in [0.1, 0.15) is 54.9 Å². The summed E-state index contributed by atoms with van der Waals surface area (Å²) in [6, 6.07) is 3.31. The highest BCUT2D eigenvalue weighted by atomic mass is 32.1. The van der Waals surface area contributed by atoms with Crippen molar-refractivity contribution >= 4 is 33.3 Å². The van der Waals surface area contributed by atoms with E-state index in [1.807, 2.05) is 7.05 Å². The molecule has 1 fully saturated rings. The Bertz CT molecular complexity index is 1110. The predicted octanol–water partition coefficient (Wildman–Crippen LogP) is 4.19. The number of anilines is 1. The number of ether oxygens (including phenoxy) is 1. The zero-order valence-electron chi connectivity index (χ0n) is 17.9. The van der Waals surface area contributed by atoms with Crippen LogP contribution in [-0.4, -0.2) is 40.1 Å². The molecule has 32 heavy (non-hydrogen) atoms.